The Balaban J connectivity index is 1.55. The van der Waals surface area contributed by atoms with Gasteiger partial charge in [-0.1, -0.05) is 24.6 Å². The topological polar surface area (TPSA) is 52.2 Å². The molecule has 3 heterocycles. The van der Waals surface area contributed by atoms with E-state index in [-0.39, 0.29) is 17.3 Å². The standard InChI is InChI=1S/C21H27FN4O/c1-3-19(27)26-9-6-18-20(24-14-23-18)21(26)7-10-25(11-8-21)13-16-12-15(2)4-5-17(16)22/h4-5,12,14H,3,6-11,13H2,1-2H3,(H,23,24). The van der Waals surface area contributed by atoms with Crippen molar-refractivity contribution in [3.63, 3.8) is 0 Å². The van der Waals surface area contributed by atoms with Gasteiger partial charge in [0.1, 0.15) is 5.82 Å². The van der Waals surface area contributed by atoms with Crippen molar-refractivity contribution < 1.29 is 9.18 Å². The van der Waals surface area contributed by atoms with Crippen LogP contribution in [0.5, 0.6) is 0 Å². The van der Waals surface area contributed by atoms with Gasteiger partial charge in [0.25, 0.3) is 0 Å². The van der Waals surface area contributed by atoms with Gasteiger partial charge >= 0.3 is 0 Å². The number of hydrogen-bond donors (Lipinski definition) is 1. The number of aryl methyl sites for hydroxylation is 1. The van der Waals surface area contributed by atoms with Gasteiger partial charge in [0.15, 0.2) is 0 Å². The molecule has 144 valence electrons. The first-order chi connectivity index (χ1) is 13.0. The number of H-pyrrole nitrogens is 1. The van der Waals surface area contributed by atoms with Crippen LogP contribution in [0.15, 0.2) is 24.5 Å². The molecule has 0 unspecified atom stereocenters. The van der Waals surface area contributed by atoms with Crippen LogP contribution in [0.4, 0.5) is 4.39 Å². The average molecular weight is 370 g/mol. The summed E-state index contributed by atoms with van der Waals surface area (Å²) in [6, 6.07) is 5.29. The zero-order valence-corrected chi connectivity index (χ0v) is 16.1. The molecule has 27 heavy (non-hydrogen) atoms. The molecule has 5 nitrogen and oxygen atoms in total. The third-order valence-electron chi connectivity index (χ3n) is 6.14. The summed E-state index contributed by atoms with van der Waals surface area (Å²) < 4.78 is 14.1. The Labute approximate surface area is 159 Å². The first-order valence-corrected chi connectivity index (χ1v) is 9.84. The minimum absolute atomic E-state index is 0.143. The molecule has 0 radical (unpaired) electrons. The molecule has 0 saturated carbocycles. The summed E-state index contributed by atoms with van der Waals surface area (Å²) in [5.74, 6) is 0.0535. The van der Waals surface area contributed by atoms with Crippen LogP contribution in [0.25, 0.3) is 0 Å². The van der Waals surface area contributed by atoms with Crippen LogP contribution in [0, 0.1) is 12.7 Å². The number of nitrogens with one attached hydrogen (secondary N) is 1. The number of benzene rings is 1. The normalized spacial score (nSPS) is 19.3. The van der Waals surface area contributed by atoms with Crippen LogP contribution >= 0.6 is 0 Å². The smallest absolute Gasteiger partial charge is 0.223 e. The second kappa shape index (κ2) is 7.08. The van der Waals surface area contributed by atoms with Crippen LogP contribution in [0.3, 0.4) is 0 Å². The number of nitrogens with zero attached hydrogens (tertiary/aromatic N) is 3. The van der Waals surface area contributed by atoms with Crippen molar-refractivity contribution in [1.29, 1.82) is 0 Å². The largest absolute Gasteiger partial charge is 0.348 e. The zero-order chi connectivity index (χ0) is 19.0. The van der Waals surface area contributed by atoms with Gasteiger partial charge in [0.2, 0.25) is 5.91 Å². The average Bonchev–Trinajstić information content (AvgIpc) is 3.16. The van der Waals surface area contributed by atoms with Gasteiger partial charge in [-0.3, -0.25) is 9.69 Å². The Kier molecular flexibility index (Phi) is 4.76. The number of likely N-dealkylation sites (tertiary alicyclic amines) is 1. The molecule has 6 heteroatoms. The molecule has 1 fully saturated rings. The van der Waals surface area contributed by atoms with Gasteiger partial charge in [-0.05, 0) is 25.8 Å². The molecule has 4 rings (SSSR count). The number of halogens is 1. The van der Waals surface area contributed by atoms with Crippen molar-refractivity contribution >= 4 is 5.91 Å². The van der Waals surface area contributed by atoms with Gasteiger partial charge in [-0.15, -0.1) is 0 Å². The summed E-state index contributed by atoms with van der Waals surface area (Å²) in [5, 5.41) is 0. The van der Waals surface area contributed by atoms with E-state index in [1.807, 2.05) is 19.9 Å². The van der Waals surface area contributed by atoms with E-state index in [2.05, 4.69) is 19.8 Å². The molecule has 0 aliphatic carbocycles. The molecule has 1 N–H and O–H groups in total. The molecule has 0 bridgehead atoms. The fourth-order valence-corrected chi connectivity index (χ4v) is 4.69. The Morgan fingerprint density at radius 2 is 2.07 bits per heavy atom. The van der Waals surface area contributed by atoms with Gasteiger partial charge in [0, 0.05) is 50.3 Å². The van der Waals surface area contributed by atoms with Gasteiger partial charge in [0.05, 0.1) is 17.6 Å². The molecule has 1 amide bonds. The summed E-state index contributed by atoms with van der Waals surface area (Å²) in [6.07, 6.45) is 4.77. The summed E-state index contributed by atoms with van der Waals surface area (Å²) in [4.78, 5) is 24.9. The van der Waals surface area contributed by atoms with Crippen molar-refractivity contribution in [1.82, 2.24) is 19.8 Å². The van der Waals surface area contributed by atoms with Crippen molar-refractivity contribution in [3.05, 3.63) is 52.9 Å². The molecule has 1 saturated heterocycles. The highest BCUT2D eigenvalue weighted by atomic mass is 19.1. The first kappa shape index (κ1) is 18.2. The highest BCUT2D eigenvalue weighted by molar-refractivity contribution is 5.77. The highest BCUT2D eigenvalue weighted by Gasteiger charge is 2.48. The lowest BCUT2D eigenvalue weighted by molar-refractivity contribution is -0.141. The number of hydrogen-bond acceptors (Lipinski definition) is 3. The van der Waals surface area contributed by atoms with Crippen molar-refractivity contribution in [2.45, 2.75) is 51.6 Å². The fraction of sp³-hybridized carbons (Fsp3) is 0.524. The number of imidazole rings is 1. The van der Waals surface area contributed by atoms with Crippen molar-refractivity contribution in [3.8, 4) is 0 Å². The number of carbonyl (C=O) groups excluding carboxylic acids is 1. The number of rotatable bonds is 3. The van der Waals surface area contributed by atoms with Crippen molar-refractivity contribution in [2.75, 3.05) is 19.6 Å². The molecular formula is C21H27FN4O. The van der Waals surface area contributed by atoms with E-state index in [0.717, 1.165) is 61.4 Å². The van der Waals surface area contributed by atoms with E-state index in [1.165, 1.54) is 0 Å². The first-order valence-electron chi connectivity index (χ1n) is 9.84. The fourth-order valence-electron chi connectivity index (χ4n) is 4.69. The molecule has 1 aromatic heterocycles. The zero-order valence-electron chi connectivity index (χ0n) is 16.1. The number of fused-ring (bicyclic) bond motifs is 2. The third-order valence-corrected chi connectivity index (χ3v) is 6.14. The van der Waals surface area contributed by atoms with E-state index in [9.17, 15) is 9.18 Å². The Bertz CT molecular complexity index is 838. The van der Waals surface area contributed by atoms with Gasteiger partial charge in [-0.2, -0.15) is 0 Å². The highest BCUT2D eigenvalue weighted by Crippen LogP contribution is 2.42. The Hall–Kier alpha value is -2.21. The second-order valence-corrected chi connectivity index (χ2v) is 7.78. The summed E-state index contributed by atoms with van der Waals surface area (Å²) in [5.41, 5.74) is 3.71. The molecule has 2 aromatic rings. The summed E-state index contributed by atoms with van der Waals surface area (Å²) in [6.45, 7) is 6.92. The van der Waals surface area contributed by atoms with E-state index in [0.29, 0.717) is 13.0 Å². The minimum atomic E-state index is -0.317. The van der Waals surface area contributed by atoms with Gasteiger partial charge < -0.3 is 9.88 Å². The maximum atomic E-state index is 14.1. The van der Waals surface area contributed by atoms with Crippen LogP contribution in [0.2, 0.25) is 0 Å². The maximum Gasteiger partial charge on any atom is 0.223 e. The lowest BCUT2D eigenvalue weighted by atomic mass is 9.78. The van der Waals surface area contributed by atoms with Gasteiger partial charge in [-0.25, -0.2) is 9.37 Å². The molecule has 0 atom stereocenters. The summed E-state index contributed by atoms with van der Waals surface area (Å²) >= 11 is 0. The quantitative estimate of drug-likeness (QED) is 0.903. The van der Waals surface area contributed by atoms with E-state index < -0.39 is 0 Å². The predicted octanol–water partition coefficient (Wildman–Crippen LogP) is 3.14. The van der Waals surface area contributed by atoms with E-state index in [1.54, 1.807) is 18.5 Å². The van der Waals surface area contributed by atoms with Crippen molar-refractivity contribution in [2.24, 2.45) is 0 Å². The lowest BCUT2D eigenvalue weighted by Gasteiger charge is -2.50. The Morgan fingerprint density at radius 1 is 1.30 bits per heavy atom. The predicted molar refractivity (Wildman–Crippen MR) is 102 cm³/mol. The number of amides is 1. The lowest BCUT2D eigenvalue weighted by Crippen LogP contribution is -2.58. The Morgan fingerprint density at radius 3 is 2.81 bits per heavy atom. The number of aromatic amines is 1. The number of piperidine rings is 1. The third kappa shape index (κ3) is 3.16. The molecule has 1 aromatic carbocycles. The molecule has 2 aliphatic rings. The van der Waals surface area contributed by atoms with Crippen LogP contribution in [-0.4, -0.2) is 45.3 Å². The van der Waals surface area contributed by atoms with E-state index >= 15 is 0 Å². The van der Waals surface area contributed by atoms with Crippen LogP contribution in [-0.2, 0) is 23.3 Å². The van der Waals surface area contributed by atoms with Crippen LogP contribution in [0.1, 0.15) is 48.7 Å². The molecule has 2 aliphatic heterocycles. The second-order valence-electron chi connectivity index (χ2n) is 7.78. The minimum Gasteiger partial charge on any atom is -0.348 e. The van der Waals surface area contributed by atoms with E-state index in [4.69, 9.17) is 0 Å². The maximum absolute atomic E-state index is 14.1. The molecule has 1 spiro atoms. The molecular weight excluding hydrogens is 343 g/mol. The number of carbonyl (C=O) groups is 1. The SMILES string of the molecule is CCC(=O)N1CCc2[nH]cnc2C12CCN(Cc1cc(C)ccc1F)CC2. The monoisotopic (exact) mass is 370 g/mol. The van der Waals surface area contributed by atoms with Crippen LogP contribution < -0.4 is 0 Å². The summed E-state index contributed by atoms with van der Waals surface area (Å²) in [7, 11) is 0. The number of aromatic nitrogens is 2.